The Morgan fingerprint density at radius 2 is 2.30 bits per heavy atom. The van der Waals surface area contributed by atoms with Crippen molar-refractivity contribution in [2.24, 2.45) is 0 Å². The predicted octanol–water partition coefficient (Wildman–Crippen LogP) is 0.379. The molecule has 3 nitrogen and oxygen atoms in total. The van der Waals surface area contributed by atoms with Gasteiger partial charge in [0.15, 0.2) is 0 Å². The van der Waals surface area contributed by atoms with Crippen molar-refractivity contribution in [2.45, 2.75) is 6.42 Å². The standard InChI is InChI=1S/C6H9NO2S/c1-10(8,9)7-6-4-2-3-5-6/h2,4-5,7H,3H2,1H3. The second-order valence-corrected chi connectivity index (χ2v) is 3.92. The highest BCUT2D eigenvalue weighted by Gasteiger charge is 2.02. The summed E-state index contributed by atoms with van der Waals surface area (Å²) in [6.07, 6.45) is 7.42. The maximum atomic E-state index is 10.6. The second kappa shape index (κ2) is 2.46. The van der Waals surface area contributed by atoms with Gasteiger partial charge >= 0.3 is 0 Å². The number of hydrogen-bond acceptors (Lipinski definition) is 2. The topological polar surface area (TPSA) is 46.2 Å². The third-order valence-electron chi connectivity index (χ3n) is 1.07. The van der Waals surface area contributed by atoms with Crippen LogP contribution in [-0.2, 0) is 10.0 Å². The number of nitrogens with one attached hydrogen (secondary N) is 1. The van der Waals surface area contributed by atoms with E-state index in [2.05, 4.69) is 4.72 Å². The summed E-state index contributed by atoms with van der Waals surface area (Å²) in [5.41, 5.74) is 0.669. The molecule has 0 bridgehead atoms. The first kappa shape index (κ1) is 7.34. The molecule has 1 N–H and O–H groups in total. The Kier molecular flexibility index (Phi) is 1.80. The molecule has 0 unspecified atom stereocenters. The van der Waals surface area contributed by atoms with Crippen LogP contribution in [0.5, 0.6) is 0 Å². The molecule has 1 aliphatic rings. The van der Waals surface area contributed by atoms with Crippen molar-refractivity contribution in [1.29, 1.82) is 0 Å². The van der Waals surface area contributed by atoms with Crippen LogP contribution in [0.2, 0.25) is 0 Å². The Bertz CT molecular complexity index is 274. The van der Waals surface area contributed by atoms with Gasteiger partial charge in [0, 0.05) is 5.70 Å². The highest BCUT2D eigenvalue weighted by molar-refractivity contribution is 7.88. The van der Waals surface area contributed by atoms with Crippen LogP contribution in [0.15, 0.2) is 23.9 Å². The van der Waals surface area contributed by atoms with E-state index in [0.29, 0.717) is 5.70 Å². The van der Waals surface area contributed by atoms with Crippen molar-refractivity contribution in [3.05, 3.63) is 23.9 Å². The van der Waals surface area contributed by atoms with Gasteiger partial charge in [0.25, 0.3) is 0 Å². The van der Waals surface area contributed by atoms with Crippen molar-refractivity contribution in [1.82, 2.24) is 4.72 Å². The number of sulfonamides is 1. The first-order valence-corrected chi connectivity index (χ1v) is 4.81. The summed E-state index contributed by atoms with van der Waals surface area (Å²) in [7, 11) is -3.08. The molecule has 0 aliphatic heterocycles. The molecular formula is C6H9NO2S. The van der Waals surface area contributed by atoms with Gasteiger partial charge in [-0.05, 0) is 12.5 Å². The van der Waals surface area contributed by atoms with Crippen LogP contribution in [-0.4, -0.2) is 14.7 Å². The molecular weight excluding hydrogens is 150 g/mol. The minimum Gasteiger partial charge on any atom is -0.284 e. The number of allylic oxidation sites excluding steroid dienone is 3. The summed E-state index contributed by atoms with van der Waals surface area (Å²) in [5, 5.41) is 0. The maximum Gasteiger partial charge on any atom is 0.229 e. The average molecular weight is 159 g/mol. The Hall–Kier alpha value is -0.770. The van der Waals surface area contributed by atoms with Gasteiger partial charge in [-0.3, -0.25) is 4.72 Å². The van der Waals surface area contributed by atoms with E-state index in [-0.39, 0.29) is 0 Å². The molecule has 1 rings (SSSR count). The van der Waals surface area contributed by atoms with E-state index >= 15 is 0 Å². The molecule has 4 heteroatoms. The predicted molar refractivity (Wildman–Crippen MR) is 39.8 cm³/mol. The van der Waals surface area contributed by atoms with Crippen molar-refractivity contribution >= 4 is 10.0 Å². The van der Waals surface area contributed by atoms with Crippen molar-refractivity contribution < 1.29 is 8.42 Å². The molecule has 0 atom stereocenters. The van der Waals surface area contributed by atoms with E-state index in [0.717, 1.165) is 12.7 Å². The van der Waals surface area contributed by atoms with E-state index in [1.165, 1.54) is 0 Å². The highest BCUT2D eigenvalue weighted by atomic mass is 32.2. The van der Waals surface area contributed by atoms with Gasteiger partial charge in [-0.25, -0.2) is 8.42 Å². The normalized spacial score (nSPS) is 17.1. The zero-order valence-corrected chi connectivity index (χ0v) is 6.48. The number of hydrogen-bond donors (Lipinski definition) is 1. The summed E-state index contributed by atoms with van der Waals surface area (Å²) in [5.74, 6) is 0. The van der Waals surface area contributed by atoms with E-state index in [1.54, 1.807) is 6.08 Å². The summed E-state index contributed by atoms with van der Waals surface area (Å²) in [4.78, 5) is 0. The molecule has 0 fully saturated rings. The van der Waals surface area contributed by atoms with Crippen LogP contribution < -0.4 is 4.72 Å². The smallest absolute Gasteiger partial charge is 0.229 e. The van der Waals surface area contributed by atoms with Crippen LogP contribution >= 0.6 is 0 Å². The van der Waals surface area contributed by atoms with Crippen LogP contribution in [0.1, 0.15) is 6.42 Å². The molecule has 0 heterocycles. The van der Waals surface area contributed by atoms with Gasteiger partial charge in [0.2, 0.25) is 10.0 Å². The van der Waals surface area contributed by atoms with Crippen molar-refractivity contribution in [3.63, 3.8) is 0 Å². The molecule has 56 valence electrons. The largest absolute Gasteiger partial charge is 0.284 e. The quantitative estimate of drug-likeness (QED) is 0.633. The third-order valence-corrected chi connectivity index (χ3v) is 1.68. The van der Waals surface area contributed by atoms with Crippen molar-refractivity contribution in [3.8, 4) is 0 Å². The molecule has 0 amide bonds. The lowest BCUT2D eigenvalue weighted by atomic mass is 10.5. The monoisotopic (exact) mass is 159 g/mol. The maximum absolute atomic E-state index is 10.6. The molecule has 0 aromatic carbocycles. The lowest BCUT2D eigenvalue weighted by Crippen LogP contribution is -2.19. The number of rotatable bonds is 2. The minimum absolute atomic E-state index is 0.669. The fourth-order valence-electron chi connectivity index (χ4n) is 0.748. The van der Waals surface area contributed by atoms with Crippen LogP contribution in [0.4, 0.5) is 0 Å². The molecule has 0 spiro atoms. The summed E-state index contributed by atoms with van der Waals surface area (Å²) < 4.78 is 23.6. The highest BCUT2D eigenvalue weighted by Crippen LogP contribution is 2.05. The Balaban J connectivity index is 2.63. The van der Waals surface area contributed by atoms with Gasteiger partial charge in [-0.15, -0.1) is 0 Å². The van der Waals surface area contributed by atoms with Crippen LogP contribution in [0.25, 0.3) is 0 Å². The fourth-order valence-corrected chi connectivity index (χ4v) is 1.33. The van der Waals surface area contributed by atoms with Gasteiger partial charge < -0.3 is 0 Å². The minimum atomic E-state index is -3.08. The van der Waals surface area contributed by atoms with Crippen molar-refractivity contribution in [2.75, 3.05) is 6.26 Å². The molecule has 0 aromatic rings. The van der Waals surface area contributed by atoms with Gasteiger partial charge in [0.1, 0.15) is 0 Å². The van der Waals surface area contributed by atoms with E-state index in [4.69, 9.17) is 0 Å². The first-order valence-electron chi connectivity index (χ1n) is 2.92. The zero-order chi connectivity index (χ0) is 7.61. The molecule has 0 saturated carbocycles. The lowest BCUT2D eigenvalue weighted by Gasteiger charge is -1.99. The SMILES string of the molecule is CS(=O)(=O)NC1=CCC=C1. The second-order valence-electron chi connectivity index (χ2n) is 2.17. The Morgan fingerprint density at radius 3 is 2.70 bits per heavy atom. The first-order chi connectivity index (χ1) is 4.58. The molecule has 0 aromatic heterocycles. The molecule has 10 heavy (non-hydrogen) atoms. The van der Waals surface area contributed by atoms with Gasteiger partial charge in [0.05, 0.1) is 6.26 Å². The Labute approximate surface area is 60.5 Å². The van der Waals surface area contributed by atoms with Gasteiger partial charge in [-0.2, -0.15) is 0 Å². The zero-order valence-electron chi connectivity index (χ0n) is 5.66. The van der Waals surface area contributed by atoms with E-state index < -0.39 is 10.0 Å². The molecule has 0 radical (unpaired) electrons. The summed E-state index contributed by atoms with van der Waals surface area (Å²) >= 11 is 0. The molecule has 1 aliphatic carbocycles. The fraction of sp³-hybridized carbons (Fsp3) is 0.333. The van der Waals surface area contributed by atoms with Crippen LogP contribution in [0, 0.1) is 0 Å². The van der Waals surface area contributed by atoms with E-state index in [9.17, 15) is 8.42 Å². The molecule has 0 saturated heterocycles. The third kappa shape index (κ3) is 2.23. The lowest BCUT2D eigenvalue weighted by molar-refractivity contribution is 0.595. The average Bonchev–Trinajstić information content (AvgIpc) is 2.12. The Morgan fingerprint density at radius 1 is 1.60 bits per heavy atom. The summed E-state index contributed by atoms with van der Waals surface area (Å²) in [6.45, 7) is 0. The van der Waals surface area contributed by atoms with Gasteiger partial charge in [-0.1, -0.05) is 12.2 Å². The summed E-state index contributed by atoms with van der Waals surface area (Å²) in [6, 6.07) is 0. The van der Waals surface area contributed by atoms with E-state index in [1.807, 2.05) is 12.2 Å². The van der Waals surface area contributed by atoms with Crippen LogP contribution in [0.3, 0.4) is 0 Å².